The van der Waals surface area contributed by atoms with E-state index in [9.17, 15) is 30.8 Å². The fourth-order valence-electron chi connectivity index (χ4n) is 3.12. The zero-order chi connectivity index (χ0) is 19.8. The van der Waals surface area contributed by atoms with E-state index in [1.165, 1.54) is 12.1 Å². The van der Waals surface area contributed by atoms with Crippen LogP contribution in [0.1, 0.15) is 34.8 Å². The summed E-state index contributed by atoms with van der Waals surface area (Å²) in [5.41, 5.74) is -4.55. The highest BCUT2D eigenvalue weighted by Gasteiger charge is 2.46. The molecule has 0 saturated carbocycles. The van der Waals surface area contributed by atoms with E-state index in [4.69, 9.17) is 0 Å². The van der Waals surface area contributed by atoms with Crippen LogP contribution in [0.3, 0.4) is 0 Å². The Morgan fingerprint density at radius 3 is 2.15 bits per heavy atom. The molecule has 1 aliphatic rings. The Hall–Kier alpha value is -2.42. The van der Waals surface area contributed by atoms with Gasteiger partial charge in [-0.1, -0.05) is 12.1 Å². The van der Waals surface area contributed by atoms with Crippen molar-refractivity contribution < 1.29 is 30.8 Å². The standard InChI is InChI=1S/C18H15F4NO3S/c19-14-7-3-12(4-8-14)16-2-1-11-23(16)17(24)13-5-9-15(10-6-13)27(25,26)18(20,21)22/h3-10,16H,1-2,11H2. The number of likely N-dealkylation sites (tertiary alicyclic amines) is 1. The van der Waals surface area contributed by atoms with Gasteiger partial charge in [0.25, 0.3) is 15.7 Å². The Morgan fingerprint density at radius 2 is 1.59 bits per heavy atom. The zero-order valence-corrected chi connectivity index (χ0v) is 14.7. The van der Waals surface area contributed by atoms with Crippen LogP contribution in [-0.4, -0.2) is 31.3 Å². The van der Waals surface area contributed by atoms with Gasteiger partial charge in [-0.05, 0) is 54.8 Å². The molecule has 3 rings (SSSR count). The minimum Gasteiger partial charge on any atom is -0.332 e. The highest BCUT2D eigenvalue weighted by atomic mass is 32.2. The molecule has 1 aliphatic heterocycles. The van der Waals surface area contributed by atoms with Crippen LogP contribution in [0.2, 0.25) is 0 Å². The summed E-state index contributed by atoms with van der Waals surface area (Å²) in [7, 11) is -5.46. The second-order valence-corrected chi connectivity index (χ2v) is 8.12. The van der Waals surface area contributed by atoms with Gasteiger partial charge in [0, 0.05) is 12.1 Å². The van der Waals surface area contributed by atoms with Crippen LogP contribution in [-0.2, 0) is 9.84 Å². The van der Waals surface area contributed by atoms with Crippen LogP contribution in [0, 0.1) is 5.82 Å². The number of nitrogens with zero attached hydrogens (tertiary/aromatic N) is 1. The first-order valence-electron chi connectivity index (χ1n) is 8.09. The molecule has 144 valence electrons. The largest absolute Gasteiger partial charge is 0.501 e. The van der Waals surface area contributed by atoms with Gasteiger partial charge in [0.15, 0.2) is 0 Å². The van der Waals surface area contributed by atoms with E-state index in [-0.39, 0.29) is 11.6 Å². The lowest BCUT2D eigenvalue weighted by Crippen LogP contribution is -2.30. The number of halogens is 4. The molecule has 1 atom stereocenters. The maximum Gasteiger partial charge on any atom is 0.501 e. The van der Waals surface area contributed by atoms with E-state index >= 15 is 0 Å². The second kappa shape index (κ2) is 6.95. The number of sulfone groups is 1. The molecule has 0 bridgehead atoms. The van der Waals surface area contributed by atoms with Crippen molar-refractivity contribution in [2.24, 2.45) is 0 Å². The molecule has 4 nitrogen and oxygen atoms in total. The van der Waals surface area contributed by atoms with Gasteiger partial charge in [0.2, 0.25) is 0 Å². The number of amides is 1. The van der Waals surface area contributed by atoms with Crippen molar-refractivity contribution in [2.75, 3.05) is 6.54 Å². The molecule has 1 amide bonds. The molecule has 0 radical (unpaired) electrons. The number of hydrogen-bond donors (Lipinski definition) is 0. The maximum atomic E-state index is 13.1. The number of rotatable bonds is 3. The van der Waals surface area contributed by atoms with Gasteiger partial charge < -0.3 is 4.90 Å². The van der Waals surface area contributed by atoms with E-state index in [1.807, 2.05) is 0 Å². The zero-order valence-electron chi connectivity index (χ0n) is 13.9. The van der Waals surface area contributed by atoms with Crippen molar-refractivity contribution in [3.8, 4) is 0 Å². The lowest BCUT2D eigenvalue weighted by molar-refractivity contribution is -0.0436. The molecule has 9 heteroatoms. The molecule has 1 unspecified atom stereocenters. The summed E-state index contributed by atoms with van der Waals surface area (Å²) in [6.45, 7) is 0.448. The predicted molar refractivity (Wildman–Crippen MR) is 89.1 cm³/mol. The minimum absolute atomic E-state index is 0.0881. The first-order chi connectivity index (χ1) is 12.6. The smallest absolute Gasteiger partial charge is 0.332 e. The van der Waals surface area contributed by atoms with Crippen molar-refractivity contribution in [3.05, 3.63) is 65.5 Å². The van der Waals surface area contributed by atoms with E-state index in [0.717, 1.165) is 36.2 Å². The van der Waals surface area contributed by atoms with Gasteiger partial charge in [-0.15, -0.1) is 0 Å². The number of carbonyl (C=O) groups excluding carboxylic acids is 1. The Morgan fingerprint density at radius 1 is 1.00 bits per heavy atom. The molecule has 0 spiro atoms. The quantitative estimate of drug-likeness (QED) is 0.728. The lowest BCUT2D eigenvalue weighted by atomic mass is 10.0. The monoisotopic (exact) mass is 401 g/mol. The topological polar surface area (TPSA) is 54.5 Å². The Bertz CT molecular complexity index is 938. The molecule has 27 heavy (non-hydrogen) atoms. The Balaban J connectivity index is 1.84. The lowest BCUT2D eigenvalue weighted by Gasteiger charge is -2.25. The van der Waals surface area contributed by atoms with Gasteiger partial charge in [-0.3, -0.25) is 4.79 Å². The average Bonchev–Trinajstić information content (AvgIpc) is 3.10. The normalized spacial score (nSPS) is 17.9. The van der Waals surface area contributed by atoms with Crippen LogP contribution in [0.25, 0.3) is 0 Å². The van der Waals surface area contributed by atoms with Crippen LogP contribution in [0.15, 0.2) is 53.4 Å². The van der Waals surface area contributed by atoms with Crippen molar-refractivity contribution >= 4 is 15.7 Å². The molecule has 1 fully saturated rings. The van der Waals surface area contributed by atoms with E-state index < -0.39 is 32.0 Å². The first-order valence-corrected chi connectivity index (χ1v) is 9.57. The van der Waals surface area contributed by atoms with Gasteiger partial charge in [-0.25, -0.2) is 12.8 Å². The summed E-state index contributed by atoms with van der Waals surface area (Å²) < 4.78 is 73.7. The number of alkyl halides is 3. The highest BCUT2D eigenvalue weighted by Crippen LogP contribution is 2.34. The van der Waals surface area contributed by atoms with E-state index in [0.29, 0.717) is 13.0 Å². The third-order valence-electron chi connectivity index (χ3n) is 4.48. The SMILES string of the molecule is O=C(c1ccc(S(=O)(=O)C(F)(F)F)cc1)N1CCCC1c1ccc(F)cc1. The molecule has 2 aromatic carbocycles. The minimum atomic E-state index is -5.46. The Kier molecular flexibility index (Phi) is 4.98. The molecule has 1 saturated heterocycles. The van der Waals surface area contributed by atoms with Crippen molar-refractivity contribution in [3.63, 3.8) is 0 Å². The van der Waals surface area contributed by atoms with Gasteiger partial charge in [-0.2, -0.15) is 13.2 Å². The number of hydrogen-bond acceptors (Lipinski definition) is 3. The number of benzene rings is 2. The second-order valence-electron chi connectivity index (χ2n) is 6.18. The third-order valence-corrected chi connectivity index (χ3v) is 5.99. The van der Waals surface area contributed by atoms with Gasteiger partial charge in [0.1, 0.15) is 5.82 Å². The van der Waals surface area contributed by atoms with Crippen molar-refractivity contribution in [1.29, 1.82) is 0 Å². The maximum absolute atomic E-state index is 13.1. The van der Waals surface area contributed by atoms with Crippen molar-refractivity contribution in [1.82, 2.24) is 4.90 Å². The molecule has 0 N–H and O–H groups in total. The molecular weight excluding hydrogens is 386 g/mol. The summed E-state index contributed by atoms with van der Waals surface area (Å²) in [4.78, 5) is 13.4. The third kappa shape index (κ3) is 3.69. The Labute approximate surface area is 153 Å². The van der Waals surface area contributed by atoms with Crippen molar-refractivity contribution in [2.45, 2.75) is 29.3 Å². The van der Waals surface area contributed by atoms with Gasteiger partial charge >= 0.3 is 5.51 Å². The van der Waals surface area contributed by atoms with Gasteiger partial charge in [0.05, 0.1) is 10.9 Å². The van der Waals surface area contributed by atoms with E-state index in [1.54, 1.807) is 17.0 Å². The molecule has 0 aliphatic carbocycles. The highest BCUT2D eigenvalue weighted by molar-refractivity contribution is 7.92. The first kappa shape index (κ1) is 19.3. The number of carbonyl (C=O) groups is 1. The summed E-state index contributed by atoms with van der Waals surface area (Å²) in [5.74, 6) is -0.811. The fourth-order valence-corrected chi connectivity index (χ4v) is 3.88. The van der Waals surface area contributed by atoms with E-state index in [2.05, 4.69) is 0 Å². The van der Waals surface area contributed by atoms with Crippen LogP contribution in [0.4, 0.5) is 17.6 Å². The summed E-state index contributed by atoms with van der Waals surface area (Å²) in [6.07, 6.45) is 1.41. The average molecular weight is 401 g/mol. The van der Waals surface area contributed by atoms with Crippen LogP contribution < -0.4 is 0 Å². The fraction of sp³-hybridized carbons (Fsp3) is 0.278. The molecule has 1 heterocycles. The molecule has 0 aromatic heterocycles. The predicted octanol–water partition coefficient (Wildman–Crippen LogP) is 4.10. The summed E-state index contributed by atoms with van der Waals surface area (Å²) in [5, 5.41) is 0. The molecular formula is C18H15F4NO3S. The summed E-state index contributed by atoms with van der Waals surface area (Å²) >= 11 is 0. The summed E-state index contributed by atoms with van der Waals surface area (Å²) in [6, 6.07) is 9.20. The molecule has 2 aromatic rings. The van der Waals surface area contributed by atoms with Crippen LogP contribution in [0.5, 0.6) is 0 Å². The van der Waals surface area contributed by atoms with Crippen LogP contribution >= 0.6 is 0 Å².